The molecular weight excluding hydrogens is 242 g/mol. The minimum atomic E-state index is -0.562. The quantitative estimate of drug-likeness (QED) is 0.574. The molecule has 3 rings (SSSR count). The fraction of sp³-hybridized carbons (Fsp3) is 0.733. The van der Waals surface area contributed by atoms with Gasteiger partial charge in [0.05, 0.1) is 17.9 Å². The van der Waals surface area contributed by atoms with Crippen LogP contribution in [0, 0.1) is 23.7 Å². The van der Waals surface area contributed by atoms with E-state index in [9.17, 15) is 9.59 Å². The molecule has 4 atom stereocenters. The Kier molecular flexibility index (Phi) is 2.65. The number of carbonyl (C=O) groups excluding carboxylic acids is 2. The van der Waals surface area contributed by atoms with E-state index >= 15 is 0 Å². The van der Waals surface area contributed by atoms with E-state index < -0.39 is 5.60 Å². The van der Waals surface area contributed by atoms with Gasteiger partial charge in [0.15, 0.2) is 0 Å². The molecule has 2 bridgehead atoms. The topological polar surface area (TPSA) is 46.6 Å². The molecule has 0 aromatic heterocycles. The lowest BCUT2D eigenvalue weighted by molar-refractivity contribution is -0.146. The summed E-state index contributed by atoms with van der Waals surface area (Å²) in [6.07, 6.45) is 3.76. The summed E-state index contributed by atoms with van der Waals surface area (Å²) >= 11 is 0. The summed E-state index contributed by atoms with van der Waals surface area (Å²) in [4.78, 5) is 26.6. The first-order valence-corrected chi connectivity index (χ1v) is 7.11. The zero-order valence-electron chi connectivity index (χ0n) is 11.9. The number of hydrogen-bond acceptors (Lipinski definition) is 3. The fourth-order valence-electron chi connectivity index (χ4n) is 3.72. The highest BCUT2D eigenvalue weighted by atomic mass is 16.5. The van der Waals surface area contributed by atoms with Gasteiger partial charge in [-0.1, -0.05) is 39.8 Å². The lowest BCUT2D eigenvalue weighted by Crippen LogP contribution is -2.44. The molecule has 2 fully saturated rings. The van der Waals surface area contributed by atoms with Crippen LogP contribution in [0.5, 0.6) is 0 Å². The molecule has 0 aliphatic carbocycles. The second kappa shape index (κ2) is 3.92. The summed E-state index contributed by atoms with van der Waals surface area (Å²) in [5.74, 6) is -0.190. The number of carbonyl (C=O) groups is 2. The maximum Gasteiger partial charge on any atom is 0.236 e. The minimum absolute atomic E-state index is 0.0377. The van der Waals surface area contributed by atoms with E-state index in [0.717, 1.165) is 0 Å². The average molecular weight is 263 g/mol. The summed E-state index contributed by atoms with van der Waals surface area (Å²) in [5, 5.41) is 0. The Morgan fingerprint density at radius 3 is 2.53 bits per heavy atom. The van der Waals surface area contributed by atoms with Gasteiger partial charge >= 0.3 is 0 Å². The van der Waals surface area contributed by atoms with Crippen LogP contribution in [0.4, 0.5) is 0 Å². The zero-order chi connectivity index (χ0) is 13.9. The molecule has 4 nitrogen and oxygen atoms in total. The number of rotatable bonds is 3. The second-order valence-electron chi connectivity index (χ2n) is 6.63. The highest BCUT2D eigenvalue weighted by molar-refractivity contribution is 6.07. The lowest BCUT2D eigenvalue weighted by Gasteiger charge is -2.32. The van der Waals surface area contributed by atoms with Crippen molar-refractivity contribution in [3.05, 3.63) is 12.2 Å². The van der Waals surface area contributed by atoms with Gasteiger partial charge < -0.3 is 4.74 Å². The Balaban J connectivity index is 1.97. The molecule has 0 saturated carbocycles. The maximum atomic E-state index is 12.6. The smallest absolute Gasteiger partial charge is 0.236 e. The van der Waals surface area contributed by atoms with Gasteiger partial charge in [-0.25, -0.2) is 0 Å². The van der Waals surface area contributed by atoms with E-state index in [-0.39, 0.29) is 35.7 Å². The average Bonchev–Trinajstić information content (AvgIpc) is 2.96. The van der Waals surface area contributed by atoms with E-state index in [4.69, 9.17) is 4.74 Å². The third-order valence-corrected chi connectivity index (χ3v) is 4.62. The molecule has 2 saturated heterocycles. The van der Waals surface area contributed by atoms with Crippen LogP contribution < -0.4 is 0 Å². The van der Waals surface area contributed by atoms with Crippen molar-refractivity contribution in [2.75, 3.05) is 6.54 Å². The Labute approximate surface area is 113 Å². The SMILES string of the molecule is CC(C)CN1C(=O)C2C3C=CC(C(C)C)(O3)C2C1=O. The Hall–Kier alpha value is -1.16. The Morgan fingerprint density at radius 1 is 1.26 bits per heavy atom. The number of hydrogen-bond donors (Lipinski definition) is 0. The summed E-state index contributed by atoms with van der Waals surface area (Å²) in [5.41, 5.74) is -0.562. The predicted octanol–water partition coefficient (Wildman–Crippen LogP) is 1.61. The molecule has 2 amide bonds. The van der Waals surface area contributed by atoms with Crippen molar-refractivity contribution in [3.63, 3.8) is 0 Å². The Bertz CT molecular complexity index is 468. The number of imide groups is 1. The van der Waals surface area contributed by atoms with E-state index in [2.05, 4.69) is 13.8 Å². The van der Waals surface area contributed by atoms with Crippen molar-refractivity contribution in [2.45, 2.75) is 39.4 Å². The summed E-state index contributed by atoms with van der Waals surface area (Å²) in [6, 6.07) is 0. The number of likely N-dealkylation sites (tertiary alicyclic amines) is 1. The van der Waals surface area contributed by atoms with Crippen LogP contribution in [0.25, 0.3) is 0 Å². The number of amides is 2. The van der Waals surface area contributed by atoms with Crippen molar-refractivity contribution in [1.29, 1.82) is 0 Å². The van der Waals surface area contributed by atoms with Crippen LogP contribution in [0.2, 0.25) is 0 Å². The zero-order valence-corrected chi connectivity index (χ0v) is 11.9. The maximum absolute atomic E-state index is 12.6. The van der Waals surface area contributed by atoms with Crippen molar-refractivity contribution in [1.82, 2.24) is 4.90 Å². The molecule has 0 N–H and O–H groups in total. The number of nitrogens with zero attached hydrogens (tertiary/aromatic N) is 1. The first-order chi connectivity index (χ1) is 8.88. The molecular formula is C15H21NO3. The minimum Gasteiger partial charge on any atom is -0.362 e. The third kappa shape index (κ3) is 1.49. The third-order valence-electron chi connectivity index (χ3n) is 4.62. The van der Waals surface area contributed by atoms with Gasteiger partial charge in [0.2, 0.25) is 11.8 Å². The largest absolute Gasteiger partial charge is 0.362 e. The molecule has 4 unspecified atom stereocenters. The van der Waals surface area contributed by atoms with Crippen LogP contribution in [0.15, 0.2) is 12.2 Å². The summed E-state index contributed by atoms with van der Waals surface area (Å²) in [7, 11) is 0. The molecule has 0 radical (unpaired) electrons. The van der Waals surface area contributed by atoms with Gasteiger partial charge in [0.25, 0.3) is 0 Å². The monoisotopic (exact) mass is 263 g/mol. The normalized spacial score (nSPS) is 40.1. The molecule has 3 aliphatic rings. The molecule has 0 aromatic carbocycles. The van der Waals surface area contributed by atoms with Crippen LogP contribution in [0.1, 0.15) is 27.7 Å². The first-order valence-electron chi connectivity index (χ1n) is 7.11. The predicted molar refractivity (Wildman–Crippen MR) is 70.1 cm³/mol. The van der Waals surface area contributed by atoms with Gasteiger partial charge in [0.1, 0.15) is 5.60 Å². The van der Waals surface area contributed by atoms with Crippen LogP contribution in [0.3, 0.4) is 0 Å². The van der Waals surface area contributed by atoms with E-state index in [1.165, 1.54) is 4.90 Å². The Morgan fingerprint density at radius 2 is 1.95 bits per heavy atom. The van der Waals surface area contributed by atoms with Crippen molar-refractivity contribution in [3.8, 4) is 0 Å². The van der Waals surface area contributed by atoms with Crippen LogP contribution in [-0.2, 0) is 14.3 Å². The summed E-state index contributed by atoms with van der Waals surface area (Å²) < 4.78 is 6.00. The van der Waals surface area contributed by atoms with E-state index in [0.29, 0.717) is 12.5 Å². The second-order valence-corrected chi connectivity index (χ2v) is 6.63. The van der Waals surface area contributed by atoms with E-state index in [1.807, 2.05) is 26.0 Å². The molecule has 4 heteroatoms. The molecule has 3 heterocycles. The fourth-order valence-corrected chi connectivity index (χ4v) is 3.72. The van der Waals surface area contributed by atoms with Gasteiger partial charge in [-0.2, -0.15) is 0 Å². The standard InChI is InChI=1S/C15H21NO3/c1-8(2)7-16-13(17)11-10-5-6-15(19-10,9(3)4)12(11)14(16)18/h5-6,8-12H,7H2,1-4H3. The van der Waals surface area contributed by atoms with E-state index in [1.54, 1.807) is 0 Å². The van der Waals surface area contributed by atoms with Gasteiger partial charge in [-0.15, -0.1) is 0 Å². The highest BCUT2D eigenvalue weighted by Crippen LogP contribution is 2.54. The summed E-state index contributed by atoms with van der Waals surface area (Å²) in [6.45, 7) is 8.67. The van der Waals surface area contributed by atoms with Crippen LogP contribution >= 0.6 is 0 Å². The van der Waals surface area contributed by atoms with Gasteiger partial charge in [-0.3, -0.25) is 14.5 Å². The number of ether oxygens (including phenoxy) is 1. The molecule has 0 spiro atoms. The highest BCUT2D eigenvalue weighted by Gasteiger charge is 2.68. The van der Waals surface area contributed by atoms with Crippen molar-refractivity contribution < 1.29 is 14.3 Å². The molecule has 3 aliphatic heterocycles. The molecule has 0 aromatic rings. The van der Waals surface area contributed by atoms with Crippen molar-refractivity contribution >= 4 is 11.8 Å². The van der Waals surface area contributed by atoms with Gasteiger partial charge in [-0.05, 0) is 11.8 Å². The lowest BCUT2D eigenvalue weighted by atomic mass is 9.72. The number of fused-ring (bicyclic) bond motifs is 5. The molecule has 19 heavy (non-hydrogen) atoms. The van der Waals surface area contributed by atoms with Gasteiger partial charge in [0, 0.05) is 6.54 Å². The molecule has 104 valence electrons. The van der Waals surface area contributed by atoms with Crippen LogP contribution in [-0.4, -0.2) is 35.0 Å². The van der Waals surface area contributed by atoms with Crippen molar-refractivity contribution in [2.24, 2.45) is 23.7 Å². The first kappa shape index (κ1) is 12.9.